The number of benzodiazepines with no additional fused rings is 1. The predicted octanol–water partition coefficient (Wildman–Crippen LogP) is 4.63. The number of fused-ring (bicyclic) bond motifs is 1. The van der Waals surface area contributed by atoms with Gasteiger partial charge in [0.1, 0.15) is 0 Å². The van der Waals surface area contributed by atoms with Crippen molar-refractivity contribution < 1.29 is 40.7 Å². The lowest BCUT2D eigenvalue weighted by Gasteiger charge is -2.26. The number of carbonyl (C=O) groups excluding carboxylic acids is 3. The molecular weight excluding hydrogens is 530 g/mol. The van der Waals surface area contributed by atoms with Crippen molar-refractivity contribution in [1.29, 1.82) is 0 Å². The third kappa shape index (κ3) is 8.29. The van der Waals surface area contributed by atoms with Gasteiger partial charge in [0, 0.05) is 35.8 Å². The van der Waals surface area contributed by atoms with Gasteiger partial charge in [0.2, 0.25) is 18.0 Å². The summed E-state index contributed by atoms with van der Waals surface area (Å²) in [5.74, 6) is -7.19. The molecule has 0 saturated carbocycles. The fourth-order valence-electron chi connectivity index (χ4n) is 4.31. The minimum atomic E-state index is -4.76. The van der Waals surface area contributed by atoms with Gasteiger partial charge < -0.3 is 16.4 Å². The summed E-state index contributed by atoms with van der Waals surface area (Å²) in [6.45, 7) is 1.82. The highest BCUT2D eigenvalue weighted by Gasteiger charge is 2.40. The summed E-state index contributed by atoms with van der Waals surface area (Å²) >= 11 is 0. The van der Waals surface area contributed by atoms with Crippen LogP contribution in [0.1, 0.15) is 42.4 Å². The number of alkyl halides is 6. The second-order valence-corrected chi connectivity index (χ2v) is 9.22. The van der Waals surface area contributed by atoms with E-state index in [4.69, 9.17) is 5.73 Å². The first-order valence-electron chi connectivity index (χ1n) is 11.9. The van der Waals surface area contributed by atoms with Gasteiger partial charge in [0.25, 0.3) is 5.91 Å². The molecule has 210 valence electrons. The van der Waals surface area contributed by atoms with Crippen molar-refractivity contribution >= 4 is 29.1 Å². The molecule has 0 aromatic heterocycles. The molecular formula is C26H26F6N4O3. The maximum absolute atomic E-state index is 13.2. The summed E-state index contributed by atoms with van der Waals surface area (Å²) in [7, 11) is 0. The fraction of sp³-hybridized carbons (Fsp3) is 0.385. The van der Waals surface area contributed by atoms with Crippen LogP contribution in [0, 0.1) is 18.8 Å². The summed E-state index contributed by atoms with van der Waals surface area (Å²) in [6.07, 6.45) is -16.3. The first-order chi connectivity index (χ1) is 18.1. The number of nitrogens with zero attached hydrogens (tertiary/aromatic N) is 1. The lowest BCUT2D eigenvalue weighted by molar-refractivity contribution is -0.152. The second kappa shape index (κ2) is 11.9. The first kappa shape index (κ1) is 29.7. The van der Waals surface area contributed by atoms with Gasteiger partial charge in [0.05, 0.1) is 11.4 Å². The van der Waals surface area contributed by atoms with Crippen LogP contribution in [-0.4, -0.2) is 42.0 Å². The lowest BCUT2D eigenvalue weighted by atomic mass is 9.83. The largest absolute Gasteiger partial charge is 0.389 e. The van der Waals surface area contributed by atoms with Gasteiger partial charge in [-0.2, -0.15) is 26.3 Å². The summed E-state index contributed by atoms with van der Waals surface area (Å²) in [5.41, 5.74) is 7.80. The van der Waals surface area contributed by atoms with E-state index >= 15 is 0 Å². The molecule has 2 aromatic carbocycles. The third-order valence-electron chi connectivity index (χ3n) is 6.18. The SMILES string of the molecule is Cc1cccc(C2=N[C@H](NC(=O)[C@@H](CCC(F)(F)F)[C@@H](CCC(F)(F)F)C(N)=O)C(=O)Nc3ccccc32)c1. The molecule has 1 heterocycles. The Labute approximate surface area is 219 Å². The third-order valence-corrected chi connectivity index (χ3v) is 6.18. The van der Waals surface area contributed by atoms with Gasteiger partial charge in [0.15, 0.2) is 0 Å². The number of rotatable bonds is 9. The van der Waals surface area contributed by atoms with E-state index in [1.165, 1.54) is 0 Å². The van der Waals surface area contributed by atoms with Crippen LogP contribution in [0.3, 0.4) is 0 Å². The Morgan fingerprint density at radius 2 is 1.59 bits per heavy atom. The van der Waals surface area contributed by atoms with E-state index in [2.05, 4.69) is 15.6 Å². The predicted molar refractivity (Wildman–Crippen MR) is 131 cm³/mol. The zero-order valence-corrected chi connectivity index (χ0v) is 20.7. The number of aryl methyl sites for hydroxylation is 1. The standard InChI is InChI=1S/C26H26F6N4O3/c1-14-5-4-6-15(13-14)20-18-7-2-3-8-19(18)34-24(39)22(35-20)36-23(38)17(10-12-26(30,31)32)16(21(33)37)9-11-25(27,28)29/h2-8,13,16-17,22H,9-12H2,1H3,(H2,33,37)(H,34,39)(H,36,38)/t16-,17+,22-/m1/s1. The molecule has 0 saturated heterocycles. The average molecular weight is 557 g/mol. The molecule has 0 fully saturated rings. The van der Waals surface area contributed by atoms with Gasteiger partial charge in [-0.25, -0.2) is 4.99 Å². The Hall–Kier alpha value is -3.90. The van der Waals surface area contributed by atoms with Gasteiger partial charge in [-0.05, 0) is 31.9 Å². The molecule has 0 unspecified atom stereocenters. The molecule has 39 heavy (non-hydrogen) atoms. The van der Waals surface area contributed by atoms with E-state index in [1.807, 2.05) is 13.0 Å². The molecule has 1 aliphatic rings. The number of hydrogen-bond donors (Lipinski definition) is 3. The quantitative estimate of drug-likeness (QED) is 0.392. The second-order valence-electron chi connectivity index (χ2n) is 9.22. The number of nitrogens with two attached hydrogens (primary N) is 1. The monoisotopic (exact) mass is 556 g/mol. The van der Waals surface area contributed by atoms with Crippen molar-refractivity contribution in [1.82, 2.24) is 5.32 Å². The van der Waals surface area contributed by atoms with Crippen molar-refractivity contribution in [2.45, 2.75) is 51.1 Å². The Kier molecular flexibility index (Phi) is 9.03. The number of hydrogen-bond acceptors (Lipinski definition) is 4. The smallest absolute Gasteiger partial charge is 0.369 e. The number of benzene rings is 2. The molecule has 0 bridgehead atoms. The lowest BCUT2D eigenvalue weighted by Crippen LogP contribution is -2.48. The Balaban J connectivity index is 1.99. The van der Waals surface area contributed by atoms with Crippen molar-refractivity contribution in [2.24, 2.45) is 22.6 Å². The van der Waals surface area contributed by atoms with Crippen molar-refractivity contribution in [3.63, 3.8) is 0 Å². The number of carbonyl (C=O) groups is 3. The van der Waals surface area contributed by atoms with Crippen molar-refractivity contribution in [2.75, 3.05) is 5.32 Å². The summed E-state index contributed by atoms with van der Waals surface area (Å²) in [4.78, 5) is 42.6. The summed E-state index contributed by atoms with van der Waals surface area (Å²) in [5, 5.41) is 4.83. The highest BCUT2D eigenvalue weighted by Crippen LogP contribution is 2.33. The number of para-hydroxylation sites is 1. The van der Waals surface area contributed by atoms with E-state index < -0.39 is 73.8 Å². The van der Waals surface area contributed by atoms with Crippen LogP contribution < -0.4 is 16.4 Å². The minimum Gasteiger partial charge on any atom is -0.369 e. The zero-order valence-electron chi connectivity index (χ0n) is 20.7. The maximum atomic E-state index is 13.2. The van der Waals surface area contributed by atoms with E-state index in [0.29, 0.717) is 16.8 Å². The Morgan fingerprint density at radius 3 is 2.18 bits per heavy atom. The molecule has 3 amide bonds. The Morgan fingerprint density at radius 1 is 0.974 bits per heavy atom. The summed E-state index contributed by atoms with van der Waals surface area (Å²) < 4.78 is 77.5. The zero-order chi connectivity index (χ0) is 29.0. The summed E-state index contributed by atoms with van der Waals surface area (Å²) in [6, 6.07) is 13.7. The van der Waals surface area contributed by atoms with Crippen LogP contribution in [0.15, 0.2) is 53.5 Å². The molecule has 0 radical (unpaired) electrons. The normalized spacial score (nSPS) is 17.3. The number of primary amides is 1. The van der Waals surface area contributed by atoms with Crippen LogP contribution in [0.5, 0.6) is 0 Å². The van der Waals surface area contributed by atoms with Gasteiger partial charge in [-0.15, -0.1) is 0 Å². The molecule has 1 aliphatic heterocycles. The fourth-order valence-corrected chi connectivity index (χ4v) is 4.31. The average Bonchev–Trinajstić information content (AvgIpc) is 2.95. The first-order valence-corrected chi connectivity index (χ1v) is 11.9. The van der Waals surface area contributed by atoms with Gasteiger partial charge >= 0.3 is 12.4 Å². The molecule has 2 aromatic rings. The minimum absolute atomic E-state index is 0.285. The number of aliphatic imine (C=N–C) groups is 1. The van der Waals surface area contributed by atoms with E-state index in [9.17, 15) is 40.7 Å². The maximum Gasteiger partial charge on any atom is 0.389 e. The van der Waals surface area contributed by atoms with Crippen LogP contribution in [0.4, 0.5) is 32.0 Å². The number of halogens is 6. The van der Waals surface area contributed by atoms with Gasteiger partial charge in [-0.1, -0.05) is 42.0 Å². The molecule has 7 nitrogen and oxygen atoms in total. The topological polar surface area (TPSA) is 114 Å². The van der Waals surface area contributed by atoms with Crippen LogP contribution >= 0.6 is 0 Å². The molecule has 3 atom stereocenters. The van der Waals surface area contributed by atoms with E-state index in [1.54, 1.807) is 42.5 Å². The molecule has 0 spiro atoms. The van der Waals surface area contributed by atoms with Crippen LogP contribution in [0.2, 0.25) is 0 Å². The number of nitrogens with one attached hydrogen (secondary N) is 2. The number of amides is 3. The molecule has 13 heteroatoms. The molecule has 4 N–H and O–H groups in total. The highest BCUT2D eigenvalue weighted by molar-refractivity contribution is 6.19. The van der Waals surface area contributed by atoms with Crippen LogP contribution in [-0.2, 0) is 14.4 Å². The van der Waals surface area contributed by atoms with Gasteiger partial charge in [-0.3, -0.25) is 14.4 Å². The number of anilines is 1. The molecule has 3 rings (SSSR count). The highest BCUT2D eigenvalue weighted by atomic mass is 19.4. The van der Waals surface area contributed by atoms with E-state index in [-0.39, 0.29) is 5.71 Å². The van der Waals surface area contributed by atoms with Crippen molar-refractivity contribution in [3.8, 4) is 0 Å². The molecule has 0 aliphatic carbocycles. The van der Waals surface area contributed by atoms with Crippen molar-refractivity contribution in [3.05, 3.63) is 65.2 Å². The van der Waals surface area contributed by atoms with Crippen LogP contribution in [0.25, 0.3) is 0 Å². The Bertz CT molecular complexity index is 1260. The van der Waals surface area contributed by atoms with E-state index in [0.717, 1.165) is 5.56 Å².